The molecule has 2 aliphatic rings. The number of carbonyl (C=O) groups excluding carboxylic acids is 1. The van der Waals surface area contributed by atoms with Crippen LogP contribution >= 0.6 is 11.3 Å². The van der Waals surface area contributed by atoms with E-state index in [4.69, 9.17) is 0 Å². The van der Waals surface area contributed by atoms with E-state index in [2.05, 4.69) is 31.8 Å². The predicted octanol–water partition coefficient (Wildman–Crippen LogP) is 2.05. The van der Waals surface area contributed by atoms with E-state index in [1.807, 2.05) is 12.5 Å². The van der Waals surface area contributed by atoms with E-state index in [-0.39, 0.29) is 5.91 Å². The number of rotatable bonds is 4. The summed E-state index contributed by atoms with van der Waals surface area (Å²) in [6.45, 7) is 3.26. The summed E-state index contributed by atoms with van der Waals surface area (Å²) >= 11 is 1.46. The number of aryl methyl sites for hydroxylation is 1. The molecule has 0 atom stereocenters. The first kappa shape index (κ1) is 15.8. The summed E-state index contributed by atoms with van der Waals surface area (Å²) in [5.41, 5.74) is 3.97. The van der Waals surface area contributed by atoms with Crippen molar-refractivity contribution in [1.82, 2.24) is 24.8 Å². The molecular weight excluding hydrogens is 322 g/mol. The molecule has 4 rings (SSSR count). The lowest BCUT2D eigenvalue weighted by atomic mass is 9.60. The molecule has 128 valence electrons. The average molecular weight is 345 g/mol. The fourth-order valence-electron chi connectivity index (χ4n) is 4.03. The number of likely N-dealkylation sites (tertiary alicyclic amines) is 1. The fraction of sp³-hybridized carbons (Fsp3) is 0.588. The molecule has 2 aromatic heterocycles. The zero-order valence-corrected chi connectivity index (χ0v) is 14.8. The first-order valence-electron chi connectivity index (χ1n) is 8.50. The zero-order chi connectivity index (χ0) is 16.6. The van der Waals surface area contributed by atoms with Gasteiger partial charge < -0.3 is 9.88 Å². The van der Waals surface area contributed by atoms with Crippen molar-refractivity contribution in [1.29, 1.82) is 0 Å². The first-order valence-corrected chi connectivity index (χ1v) is 9.44. The summed E-state index contributed by atoms with van der Waals surface area (Å²) in [6, 6.07) is 0.322. The molecule has 1 spiro atoms. The molecule has 1 saturated carbocycles. The Bertz CT molecular complexity index is 694. The van der Waals surface area contributed by atoms with Crippen molar-refractivity contribution in [2.24, 2.45) is 12.5 Å². The van der Waals surface area contributed by atoms with Gasteiger partial charge in [-0.15, -0.1) is 11.3 Å². The lowest BCUT2D eigenvalue weighted by molar-refractivity contribution is 0.00411. The molecule has 1 saturated heterocycles. The Balaban J connectivity index is 1.24. The molecule has 2 aromatic rings. The van der Waals surface area contributed by atoms with Crippen LogP contribution in [0.2, 0.25) is 0 Å². The highest BCUT2D eigenvalue weighted by molar-refractivity contribution is 7.07. The van der Waals surface area contributed by atoms with Crippen LogP contribution < -0.4 is 5.32 Å². The van der Waals surface area contributed by atoms with Crippen LogP contribution in [0.15, 0.2) is 23.4 Å². The van der Waals surface area contributed by atoms with Gasteiger partial charge in [0.15, 0.2) is 0 Å². The van der Waals surface area contributed by atoms with Gasteiger partial charge in [-0.2, -0.15) is 0 Å². The molecule has 6 nitrogen and oxygen atoms in total. The highest BCUT2D eigenvalue weighted by atomic mass is 32.1. The number of aromatic nitrogens is 3. The van der Waals surface area contributed by atoms with Gasteiger partial charge in [0.2, 0.25) is 0 Å². The predicted molar refractivity (Wildman–Crippen MR) is 92.8 cm³/mol. The summed E-state index contributed by atoms with van der Waals surface area (Å²) in [7, 11) is 2.05. The molecule has 7 heteroatoms. The number of hydrogen-bond donors (Lipinski definition) is 1. The molecular formula is C17H23N5OS. The van der Waals surface area contributed by atoms with Crippen molar-refractivity contribution >= 4 is 17.2 Å². The minimum absolute atomic E-state index is 0.0234. The Hall–Kier alpha value is -1.73. The lowest BCUT2D eigenvalue weighted by Gasteiger charge is -2.52. The normalized spacial score (nSPS) is 20.9. The van der Waals surface area contributed by atoms with Crippen molar-refractivity contribution in [3.63, 3.8) is 0 Å². The van der Waals surface area contributed by atoms with E-state index in [1.54, 1.807) is 10.9 Å². The molecule has 1 amide bonds. The highest BCUT2D eigenvalue weighted by Crippen LogP contribution is 2.49. The molecule has 3 heterocycles. The maximum absolute atomic E-state index is 12.1. The Morgan fingerprint density at radius 3 is 2.83 bits per heavy atom. The third kappa shape index (κ3) is 3.10. The third-order valence-corrected chi connectivity index (χ3v) is 6.16. The summed E-state index contributed by atoms with van der Waals surface area (Å²) in [4.78, 5) is 22.8. The minimum atomic E-state index is -0.0234. The molecule has 0 bridgehead atoms. The van der Waals surface area contributed by atoms with Crippen molar-refractivity contribution in [2.75, 3.05) is 13.1 Å². The number of carbonyl (C=O) groups is 1. The van der Waals surface area contributed by atoms with E-state index < -0.39 is 0 Å². The monoisotopic (exact) mass is 345 g/mol. The van der Waals surface area contributed by atoms with Gasteiger partial charge in [0.25, 0.3) is 5.91 Å². The quantitative estimate of drug-likeness (QED) is 0.921. The Morgan fingerprint density at radius 1 is 1.42 bits per heavy atom. The topological polar surface area (TPSA) is 63.1 Å². The summed E-state index contributed by atoms with van der Waals surface area (Å²) in [6.07, 6.45) is 8.51. The van der Waals surface area contributed by atoms with E-state index in [1.165, 1.54) is 29.9 Å². The third-order valence-electron chi connectivity index (χ3n) is 5.58. The highest BCUT2D eigenvalue weighted by Gasteiger charge is 2.46. The van der Waals surface area contributed by atoms with Gasteiger partial charge in [-0.25, -0.2) is 9.97 Å². The number of amides is 1. The zero-order valence-electron chi connectivity index (χ0n) is 13.9. The second-order valence-corrected chi connectivity index (χ2v) is 7.94. The number of nitrogens with one attached hydrogen (secondary N) is 1. The number of piperidine rings is 1. The van der Waals surface area contributed by atoms with Crippen molar-refractivity contribution in [3.8, 4) is 0 Å². The van der Waals surface area contributed by atoms with Crippen LogP contribution in [-0.2, 0) is 13.6 Å². The van der Waals surface area contributed by atoms with Crippen LogP contribution in [0.25, 0.3) is 0 Å². The van der Waals surface area contributed by atoms with E-state index in [0.29, 0.717) is 17.2 Å². The number of thiazole rings is 1. The van der Waals surface area contributed by atoms with E-state index in [0.717, 1.165) is 32.5 Å². The number of hydrogen-bond acceptors (Lipinski definition) is 5. The maximum atomic E-state index is 12.1. The molecule has 0 unspecified atom stereocenters. The Labute approximate surface area is 145 Å². The lowest BCUT2D eigenvalue weighted by Crippen LogP contribution is -2.54. The molecule has 1 aliphatic carbocycles. The van der Waals surface area contributed by atoms with E-state index >= 15 is 0 Å². The van der Waals surface area contributed by atoms with Crippen LogP contribution in [0.1, 0.15) is 41.9 Å². The van der Waals surface area contributed by atoms with Gasteiger partial charge in [-0.05, 0) is 44.2 Å². The largest absolute Gasteiger partial charge is 0.348 e. The standard InChI is InChI=1S/C17H23N5OS/c1-21-11-18-8-14(21)9-22-4-2-17(3-5-22)6-13(7-17)20-16(23)15-10-24-12-19-15/h8,10-13H,2-7,9H2,1H3,(H,20,23). The second kappa shape index (κ2) is 6.29. The van der Waals surface area contributed by atoms with Crippen LogP contribution in [0.4, 0.5) is 0 Å². The molecule has 24 heavy (non-hydrogen) atoms. The van der Waals surface area contributed by atoms with Gasteiger partial charge in [0.05, 0.1) is 17.5 Å². The van der Waals surface area contributed by atoms with Crippen LogP contribution in [0.3, 0.4) is 0 Å². The van der Waals surface area contributed by atoms with Gasteiger partial charge >= 0.3 is 0 Å². The second-order valence-electron chi connectivity index (χ2n) is 7.22. The van der Waals surface area contributed by atoms with Crippen molar-refractivity contribution in [3.05, 3.63) is 34.8 Å². The van der Waals surface area contributed by atoms with Crippen molar-refractivity contribution in [2.45, 2.75) is 38.3 Å². The Kier molecular flexibility index (Phi) is 4.14. The maximum Gasteiger partial charge on any atom is 0.270 e. The van der Waals surface area contributed by atoms with Crippen LogP contribution in [0.5, 0.6) is 0 Å². The SMILES string of the molecule is Cn1cncc1CN1CCC2(CC1)CC(NC(=O)c1cscn1)C2. The fourth-order valence-corrected chi connectivity index (χ4v) is 4.56. The van der Waals surface area contributed by atoms with E-state index in [9.17, 15) is 4.79 Å². The van der Waals surface area contributed by atoms with Gasteiger partial charge in [0, 0.05) is 31.2 Å². The van der Waals surface area contributed by atoms with Crippen LogP contribution in [-0.4, -0.2) is 44.5 Å². The molecule has 0 radical (unpaired) electrons. The summed E-state index contributed by atoms with van der Waals surface area (Å²) < 4.78 is 2.09. The Morgan fingerprint density at radius 2 is 2.21 bits per heavy atom. The smallest absolute Gasteiger partial charge is 0.270 e. The van der Waals surface area contributed by atoms with Gasteiger partial charge in [-0.1, -0.05) is 0 Å². The summed E-state index contributed by atoms with van der Waals surface area (Å²) in [5.74, 6) is -0.0234. The minimum Gasteiger partial charge on any atom is -0.348 e. The molecule has 0 aromatic carbocycles. The number of imidazole rings is 1. The van der Waals surface area contributed by atoms with Crippen LogP contribution in [0, 0.1) is 5.41 Å². The molecule has 2 fully saturated rings. The van der Waals surface area contributed by atoms with Crippen molar-refractivity contribution < 1.29 is 4.79 Å². The average Bonchev–Trinajstić information content (AvgIpc) is 3.20. The molecule has 1 aliphatic heterocycles. The number of nitrogens with zero attached hydrogens (tertiary/aromatic N) is 4. The van der Waals surface area contributed by atoms with Gasteiger partial charge in [0.1, 0.15) is 5.69 Å². The van der Waals surface area contributed by atoms with Gasteiger partial charge in [-0.3, -0.25) is 9.69 Å². The summed E-state index contributed by atoms with van der Waals surface area (Å²) in [5, 5.41) is 4.93. The molecule has 1 N–H and O–H groups in total. The first-order chi connectivity index (χ1) is 11.6.